The zero-order valence-electron chi connectivity index (χ0n) is 32.0. The molecule has 0 aliphatic carbocycles. The van der Waals surface area contributed by atoms with Gasteiger partial charge in [0.1, 0.15) is 0 Å². The van der Waals surface area contributed by atoms with Crippen molar-refractivity contribution < 1.29 is 38.8 Å². The minimum absolute atomic E-state index is 0.0223. The van der Waals surface area contributed by atoms with Crippen LogP contribution in [0.3, 0.4) is 0 Å². The quantitative estimate of drug-likeness (QED) is 0.0782. The van der Waals surface area contributed by atoms with Crippen LogP contribution in [0.5, 0.6) is 0 Å². The van der Waals surface area contributed by atoms with Crippen LogP contribution in [-0.2, 0) is 28.6 Å². The molecule has 0 aromatic carbocycles. The fourth-order valence-corrected chi connectivity index (χ4v) is 7.51. The highest BCUT2D eigenvalue weighted by atomic mass is 16.7. The van der Waals surface area contributed by atoms with Gasteiger partial charge >= 0.3 is 0 Å². The first-order valence-electron chi connectivity index (χ1n) is 19.5. The van der Waals surface area contributed by atoms with E-state index in [9.17, 15) is 24.6 Å². The van der Waals surface area contributed by atoms with Crippen molar-refractivity contribution in [1.29, 1.82) is 0 Å². The molecule has 4 N–H and O–H groups in total. The van der Waals surface area contributed by atoms with Gasteiger partial charge < -0.3 is 35.1 Å². The Morgan fingerprint density at radius 3 is 2.36 bits per heavy atom. The van der Waals surface area contributed by atoms with E-state index in [2.05, 4.69) is 30.6 Å². The minimum atomic E-state index is -1.02. The number of hydrogen-bond donors (Lipinski definition) is 4. The van der Waals surface area contributed by atoms with Crippen LogP contribution in [-0.4, -0.2) is 83.3 Å². The molecule has 10 nitrogen and oxygen atoms in total. The molecule has 3 saturated heterocycles. The Hall–Kier alpha value is -2.11. The molecule has 10 heteroatoms. The lowest BCUT2D eigenvalue weighted by atomic mass is 9.85. The fourth-order valence-electron chi connectivity index (χ4n) is 7.51. The third-order valence-corrected chi connectivity index (χ3v) is 11.2. The van der Waals surface area contributed by atoms with Crippen LogP contribution in [0.25, 0.3) is 0 Å². The highest BCUT2D eigenvalue weighted by Gasteiger charge is 2.44. The van der Waals surface area contributed by atoms with E-state index in [0.717, 1.165) is 76.2 Å². The second-order valence-electron chi connectivity index (χ2n) is 15.7. The number of aliphatic hydroxyl groups is 2. The van der Waals surface area contributed by atoms with Crippen LogP contribution >= 0.6 is 0 Å². The van der Waals surface area contributed by atoms with Crippen LogP contribution < -0.4 is 10.6 Å². The first-order valence-corrected chi connectivity index (χ1v) is 19.5. The number of nitrogens with one attached hydrogen (secondary N) is 2. The Balaban J connectivity index is 1.36. The number of carbonyl (C=O) groups is 3. The summed E-state index contributed by atoms with van der Waals surface area (Å²) in [5.74, 6) is -0.680. The number of allylic oxidation sites excluding steroid dienone is 3. The van der Waals surface area contributed by atoms with Gasteiger partial charge in [-0.05, 0) is 108 Å². The summed E-state index contributed by atoms with van der Waals surface area (Å²) in [6, 6.07) is 0. The largest absolute Gasteiger partial charge is 0.390 e. The third kappa shape index (κ3) is 13.8. The van der Waals surface area contributed by atoms with Gasteiger partial charge in [0.2, 0.25) is 11.8 Å². The highest BCUT2D eigenvalue weighted by Crippen LogP contribution is 2.43. The lowest BCUT2D eigenvalue weighted by Crippen LogP contribution is -2.50. The van der Waals surface area contributed by atoms with Gasteiger partial charge in [-0.1, -0.05) is 39.8 Å². The zero-order valence-corrected chi connectivity index (χ0v) is 32.0. The Kier molecular flexibility index (Phi) is 17.6. The van der Waals surface area contributed by atoms with Gasteiger partial charge in [0.25, 0.3) is 0 Å². The molecule has 3 aliphatic rings. The van der Waals surface area contributed by atoms with Crippen molar-refractivity contribution in [3.05, 3.63) is 23.8 Å². The smallest absolute Gasteiger partial charge is 0.225 e. The Bertz CT molecular complexity index is 1140. The molecule has 3 rings (SSSR count). The molecule has 0 aromatic heterocycles. The van der Waals surface area contributed by atoms with Crippen molar-refractivity contribution >= 4 is 17.6 Å². The number of rotatable bonds is 18. The summed E-state index contributed by atoms with van der Waals surface area (Å²) in [4.78, 5) is 37.6. The van der Waals surface area contributed by atoms with Gasteiger partial charge in [0.05, 0.1) is 49.0 Å². The molecule has 286 valence electrons. The van der Waals surface area contributed by atoms with Crippen molar-refractivity contribution in [1.82, 2.24) is 10.6 Å². The van der Waals surface area contributed by atoms with Gasteiger partial charge in [0, 0.05) is 32.4 Å². The number of carbonyl (C=O) groups excluding carboxylic acids is 3. The van der Waals surface area contributed by atoms with Gasteiger partial charge in [-0.25, -0.2) is 0 Å². The molecule has 11 atom stereocenters. The first kappa shape index (κ1) is 42.3. The maximum Gasteiger partial charge on any atom is 0.225 e. The SMILES string of the molecule is C/C=C/C(=O)C[C@@H]1CC[C@@H](C)[C@@H](CC(=O)NC[C@H](O)[C@H](C)C(=O)NCCC[C@H]2O[C@@]3(CCC[C@@H](CC[C@H](C)/C=C(\C)[C@H](C)O)O3)CC[C@@H]2C)O1. The molecule has 50 heavy (non-hydrogen) atoms. The average molecular weight is 705 g/mol. The molecule has 0 unspecified atom stereocenters. The summed E-state index contributed by atoms with van der Waals surface area (Å²) in [6.07, 6.45) is 14.5. The topological polar surface area (TPSA) is 143 Å². The maximum absolute atomic E-state index is 12.9. The molecule has 1 spiro atoms. The van der Waals surface area contributed by atoms with Crippen LogP contribution in [0.15, 0.2) is 23.8 Å². The molecule has 2 amide bonds. The molecular formula is C40H68N2O8. The second kappa shape index (κ2) is 20.8. The standard InChI is InChI=1S/C40H68N2O8/c1-8-11-32(44)23-34-17-15-27(3)37(48-34)24-38(46)42-25-35(45)30(6)39(47)41-21-10-13-36-28(4)18-20-40(50-36)19-9-12-33(49-40)16-14-26(2)22-29(5)31(7)43/h8,11,22,26-28,30-31,33-37,43,45H,9-10,12-21,23-25H2,1-7H3,(H,41,47)(H,42,46)/b11-8+,29-22+/t26-,27+,28-,30-,31-,33-,34-,35-,36+,37+,40-/m0/s1. The molecule has 3 fully saturated rings. The molecule has 0 radical (unpaired) electrons. The summed E-state index contributed by atoms with van der Waals surface area (Å²) >= 11 is 0. The van der Waals surface area contributed by atoms with Crippen LogP contribution in [0, 0.1) is 23.7 Å². The van der Waals surface area contributed by atoms with Crippen LogP contribution in [0.2, 0.25) is 0 Å². The van der Waals surface area contributed by atoms with E-state index in [4.69, 9.17) is 14.2 Å². The summed E-state index contributed by atoms with van der Waals surface area (Å²) < 4.78 is 19.5. The van der Waals surface area contributed by atoms with Gasteiger partial charge in [-0.3, -0.25) is 14.4 Å². The van der Waals surface area contributed by atoms with E-state index in [1.165, 1.54) is 0 Å². The van der Waals surface area contributed by atoms with E-state index in [1.54, 1.807) is 26.0 Å². The average Bonchev–Trinajstić information content (AvgIpc) is 3.07. The van der Waals surface area contributed by atoms with Crippen LogP contribution in [0.1, 0.15) is 132 Å². The third-order valence-electron chi connectivity index (χ3n) is 11.2. The lowest BCUT2D eigenvalue weighted by Gasteiger charge is -2.48. The van der Waals surface area contributed by atoms with Crippen LogP contribution in [0.4, 0.5) is 0 Å². The van der Waals surface area contributed by atoms with Gasteiger partial charge in [-0.15, -0.1) is 0 Å². The Morgan fingerprint density at radius 1 is 0.900 bits per heavy atom. The number of ether oxygens (including phenoxy) is 3. The van der Waals surface area contributed by atoms with Gasteiger partial charge in [0.15, 0.2) is 11.6 Å². The minimum Gasteiger partial charge on any atom is -0.390 e. The molecule has 3 aliphatic heterocycles. The second-order valence-corrected chi connectivity index (χ2v) is 15.7. The summed E-state index contributed by atoms with van der Waals surface area (Å²) in [5.41, 5.74) is 1.01. The molecule has 0 saturated carbocycles. The van der Waals surface area contributed by atoms with Crippen molar-refractivity contribution in [2.75, 3.05) is 13.1 Å². The van der Waals surface area contributed by atoms with Crippen molar-refractivity contribution in [3.63, 3.8) is 0 Å². The maximum atomic E-state index is 12.9. The summed E-state index contributed by atoms with van der Waals surface area (Å²) in [6.45, 7) is 14.2. The van der Waals surface area contributed by atoms with E-state index < -0.39 is 23.9 Å². The monoisotopic (exact) mass is 704 g/mol. The number of hydrogen-bond acceptors (Lipinski definition) is 8. The van der Waals surface area contributed by atoms with Crippen molar-refractivity contribution in [3.8, 4) is 0 Å². The van der Waals surface area contributed by atoms with E-state index in [0.29, 0.717) is 24.8 Å². The molecule has 0 aromatic rings. The highest BCUT2D eigenvalue weighted by molar-refractivity contribution is 5.89. The first-order chi connectivity index (χ1) is 23.7. The molecule has 0 bridgehead atoms. The van der Waals surface area contributed by atoms with E-state index >= 15 is 0 Å². The number of amides is 2. The number of ketones is 1. The van der Waals surface area contributed by atoms with Gasteiger partial charge in [-0.2, -0.15) is 0 Å². The predicted octanol–water partition coefficient (Wildman–Crippen LogP) is 5.93. The lowest BCUT2D eigenvalue weighted by molar-refractivity contribution is -0.324. The predicted molar refractivity (Wildman–Crippen MR) is 195 cm³/mol. The van der Waals surface area contributed by atoms with E-state index in [-0.39, 0.29) is 60.9 Å². The molecular weight excluding hydrogens is 636 g/mol. The molecule has 3 heterocycles. The summed E-state index contributed by atoms with van der Waals surface area (Å²) in [7, 11) is 0. The Labute approximate surface area is 301 Å². The van der Waals surface area contributed by atoms with Crippen molar-refractivity contribution in [2.24, 2.45) is 23.7 Å². The fraction of sp³-hybridized carbons (Fsp3) is 0.825. The zero-order chi connectivity index (χ0) is 36.8. The van der Waals surface area contributed by atoms with Crippen molar-refractivity contribution in [2.45, 2.75) is 174 Å². The number of aliphatic hydroxyl groups excluding tert-OH is 2. The summed E-state index contributed by atoms with van der Waals surface area (Å²) in [5, 5.41) is 26.2. The Morgan fingerprint density at radius 2 is 1.64 bits per heavy atom. The van der Waals surface area contributed by atoms with E-state index in [1.807, 2.05) is 20.8 Å². The normalized spacial score (nSPS) is 31.6.